The van der Waals surface area contributed by atoms with Gasteiger partial charge in [0, 0.05) is 11.1 Å². The van der Waals surface area contributed by atoms with E-state index >= 15 is 0 Å². The van der Waals surface area contributed by atoms with Crippen molar-refractivity contribution in [3.05, 3.63) is 162 Å². The molecule has 0 aliphatic carbocycles. The van der Waals surface area contributed by atoms with Crippen LogP contribution < -0.4 is 15.9 Å². The van der Waals surface area contributed by atoms with Crippen LogP contribution in [0.2, 0.25) is 0 Å². The van der Waals surface area contributed by atoms with Gasteiger partial charge in [0.25, 0.3) is 0 Å². The number of benzene rings is 5. The Hall–Kier alpha value is -3.80. The summed E-state index contributed by atoms with van der Waals surface area (Å²) in [5.74, 6) is 0.166. The minimum Gasteiger partial charge on any atom is -0.288 e. The Balaban J connectivity index is 1.81. The van der Waals surface area contributed by atoms with Gasteiger partial charge in [0.05, 0.1) is 5.56 Å². The summed E-state index contributed by atoms with van der Waals surface area (Å²) in [4.78, 5) is 14.9. The lowest BCUT2D eigenvalue weighted by Crippen LogP contribution is -2.61. The summed E-state index contributed by atoms with van der Waals surface area (Å²) in [6.07, 6.45) is 0. The quantitative estimate of drug-likeness (QED) is 0.230. The average molecular weight is 456 g/mol. The number of hydrogen-bond donors (Lipinski definition) is 0. The summed E-state index contributed by atoms with van der Waals surface area (Å²) in [5, 5.41) is 2.95. The summed E-state index contributed by atoms with van der Waals surface area (Å²) in [7, 11) is -2.40. The SMILES string of the molecule is O=C(c1ccccc1)C1(c2ccccc2)c2ccccc2[P+]1(c1ccccc1)c1ccccc1. The van der Waals surface area contributed by atoms with E-state index in [1.165, 1.54) is 15.9 Å². The highest BCUT2D eigenvalue weighted by molar-refractivity contribution is 7.99. The smallest absolute Gasteiger partial charge is 0.216 e. The van der Waals surface area contributed by atoms with E-state index in [1.807, 2.05) is 36.4 Å². The van der Waals surface area contributed by atoms with Gasteiger partial charge in [0.15, 0.2) is 0 Å². The lowest BCUT2D eigenvalue weighted by atomic mass is 9.82. The number of Topliss-reactive ketones (excluding diaryl/α,β-unsaturated/α-hetero) is 1. The second kappa shape index (κ2) is 8.20. The number of ketones is 1. The van der Waals surface area contributed by atoms with Crippen molar-refractivity contribution in [2.24, 2.45) is 0 Å². The minimum absolute atomic E-state index is 0.166. The first-order chi connectivity index (χ1) is 16.8. The van der Waals surface area contributed by atoms with E-state index in [1.54, 1.807) is 0 Å². The van der Waals surface area contributed by atoms with E-state index in [4.69, 9.17) is 0 Å². The Morgan fingerprint density at radius 1 is 0.500 bits per heavy atom. The van der Waals surface area contributed by atoms with E-state index < -0.39 is 12.4 Å². The fourth-order valence-corrected chi connectivity index (χ4v) is 11.2. The maximum Gasteiger partial charge on any atom is 0.216 e. The zero-order valence-electron chi connectivity index (χ0n) is 18.7. The zero-order chi connectivity index (χ0) is 23.0. The molecule has 0 saturated carbocycles. The van der Waals surface area contributed by atoms with Gasteiger partial charge >= 0.3 is 0 Å². The van der Waals surface area contributed by atoms with Crippen molar-refractivity contribution in [1.29, 1.82) is 0 Å². The van der Waals surface area contributed by atoms with Crippen molar-refractivity contribution in [3.63, 3.8) is 0 Å². The molecule has 1 heterocycles. The molecule has 1 unspecified atom stereocenters. The highest BCUT2D eigenvalue weighted by Gasteiger charge is 2.77. The molecule has 162 valence electrons. The third kappa shape index (κ3) is 2.68. The van der Waals surface area contributed by atoms with E-state index in [0.717, 1.165) is 16.7 Å². The molecule has 1 aliphatic rings. The molecule has 0 spiro atoms. The fraction of sp³-hybridized carbons (Fsp3) is 0.0312. The summed E-state index contributed by atoms with van der Waals surface area (Å²) in [6, 6.07) is 50.2. The van der Waals surface area contributed by atoms with Gasteiger partial charge < -0.3 is 0 Å². The van der Waals surface area contributed by atoms with Gasteiger partial charge in [0.2, 0.25) is 10.9 Å². The number of carbonyl (C=O) groups is 1. The van der Waals surface area contributed by atoms with Crippen LogP contribution in [0.3, 0.4) is 0 Å². The molecule has 34 heavy (non-hydrogen) atoms. The molecule has 0 fully saturated rings. The Morgan fingerprint density at radius 3 is 1.50 bits per heavy atom. The van der Waals surface area contributed by atoms with Crippen LogP contribution in [0.5, 0.6) is 0 Å². The van der Waals surface area contributed by atoms with Crippen molar-refractivity contribution in [2.45, 2.75) is 5.16 Å². The first-order valence-corrected chi connectivity index (χ1v) is 13.4. The van der Waals surface area contributed by atoms with Crippen LogP contribution in [-0.4, -0.2) is 5.78 Å². The molecule has 1 aliphatic heterocycles. The average Bonchev–Trinajstić information content (AvgIpc) is 2.92. The summed E-state index contributed by atoms with van der Waals surface area (Å²) < 4.78 is 0. The van der Waals surface area contributed by atoms with Crippen LogP contribution >= 0.6 is 7.26 Å². The van der Waals surface area contributed by atoms with Crippen molar-refractivity contribution in [2.75, 3.05) is 0 Å². The summed E-state index contributed by atoms with van der Waals surface area (Å²) >= 11 is 0. The highest BCUT2D eigenvalue weighted by Crippen LogP contribution is 2.80. The molecule has 0 bridgehead atoms. The Labute approximate surface area is 201 Å². The van der Waals surface area contributed by atoms with Crippen molar-refractivity contribution >= 4 is 29.0 Å². The van der Waals surface area contributed by atoms with E-state index in [0.29, 0.717) is 0 Å². The fourth-order valence-electron chi connectivity index (χ4n) is 5.73. The highest BCUT2D eigenvalue weighted by atomic mass is 31.2. The van der Waals surface area contributed by atoms with E-state index in [2.05, 4.69) is 109 Å². The maximum atomic E-state index is 14.9. The lowest BCUT2D eigenvalue weighted by Gasteiger charge is -2.52. The molecule has 0 saturated heterocycles. The van der Waals surface area contributed by atoms with Crippen LogP contribution in [0.25, 0.3) is 0 Å². The zero-order valence-corrected chi connectivity index (χ0v) is 19.6. The largest absolute Gasteiger partial charge is 0.288 e. The molecule has 0 N–H and O–H groups in total. The normalized spacial score (nSPS) is 17.9. The van der Waals surface area contributed by atoms with Gasteiger partial charge in [-0.2, -0.15) is 0 Å². The number of rotatable bonds is 5. The molecule has 1 nitrogen and oxygen atoms in total. The van der Waals surface area contributed by atoms with Crippen LogP contribution in [0.15, 0.2) is 146 Å². The van der Waals surface area contributed by atoms with Crippen molar-refractivity contribution in [3.8, 4) is 0 Å². The molecule has 2 heteroatoms. The second-order valence-corrected chi connectivity index (χ2v) is 12.2. The van der Waals surface area contributed by atoms with Gasteiger partial charge in [0.1, 0.15) is 23.2 Å². The summed E-state index contributed by atoms with van der Waals surface area (Å²) in [6.45, 7) is 0. The van der Waals surface area contributed by atoms with E-state index in [9.17, 15) is 4.79 Å². The summed E-state index contributed by atoms with van der Waals surface area (Å²) in [5.41, 5.74) is 2.93. The van der Waals surface area contributed by atoms with Crippen LogP contribution in [0.1, 0.15) is 21.5 Å². The standard InChI is InChI=1S/C32H24OP/c33-31(25-15-5-1-6-16-25)32(26-17-7-2-8-18-26)29-23-13-14-24-30(29)34(32,27-19-9-3-10-20-27)28-21-11-4-12-22-28/h1-24H/q+1. The lowest BCUT2D eigenvalue weighted by molar-refractivity contribution is 0.0954. The molecular weight excluding hydrogens is 431 g/mol. The monoisotopic (exact) mass is 455 g/mol. The van der Waals surface area contributed by atoms with Crippen molar-refractivity contribution < 1.29 is 4.79 Å². The number of carbonyl (C=O) groups excluding carboxylic acids is 1. The first-order valence-electron chi connectivity index (χ1n) is 11.6. The second-order valence-electron chi connectivity index (χ2n) is 8.63. The third-order valence-corrected chi connectivity index (χ3v) is 12.0. The molecule has 1 atom stereocenters. The van der Waals surface area contributed by atoms with Crippen LogP contribution in [0, 0.1) is 0 Å². The van der Waals surface area contributed by atoms with Crippen LogP contribution in [0.4, 0.5) is 0 Å². The van der Waals surface area contributed by atoms with Gasteiger partial charge in [-0.3, -0.25) is 4.79 Å². The molecule has 0 radical (unpaired) electrons. The molecule has 0 aromatic heterocycles. The first kappa shape index (κ1) is 20.8. The number of fused-ring (bicyclic) bond motifs is 1. The molecular formula is C32H24OP+. The molecule has 0 amide bonds. The molecule has 5 aromatic carbocycles. The Kier molecular flexibility index (Phi) is 5.01. The Morgan fingerprint density at radius 2 is 0.941 bits per heavy atom. The van der Waals surface area contributed by atoms with Gasteiger partial charge in [-0.1, -0.05) is 109 Å². The maximum absolute atomic E-state index is 14.9. The third-order valence-electron chi connectivity index (χ3n) is 7.00. The topological polar surface area (TPSA) is 17.1 Å². The van der Waals surface area contributed by atoms with Crippen LogP contribution in [-0.2, 0) is 5.16 Å². The van der Waals surface area contributed by atoms with Crippen molar-refractivity contribution in [1.82, 2.24) is 0 Å². The molecule has 6 rings (SSSR count). The number of hydrogen-bond acceptors (Lipinski definition) is 1. The predicted octanol–water partition coefficient (Wildman–Crippen LogP) is 6.12. The Bertz CT molecular complexity index is 1410. The molecule has 5 aromatic rings. The predicted molar refractivity (Wildman–Crippen MR) is 143 cm³/mol. The minimum atomic E-state index is -2.40. The van der Waals surface area contributed by atoms with Gasteiger partial charge in [-0.05, 0) is 36.4 Å². The van der Waals surface area contributed by atoms with Gasteiger partial charge in [-0.15, -0.1) is 0 Å². The van der Waals surface area contributed by atoms with E-state index in [-0.39, 0.29) is 5.78 Å². The van der Waals surface area contributed by atoms with Gasteiger partial charge in [-0.25, -0.2) is 0 Å².